The van der Waals surface area contributed by atoms with E-state index in [2.05, 4.69) is 27.8 Å². The van der Waals surface area contributed by atoms with Crippen LogP contribution in [-0.2, 0) is 31.4 Å². The van der Waals surface area contributed by atoms with Gasteiger partial charge in [0, 0.05) is 42.1 Å². The van der Waals surface area contributed by atoms with E-state index >= 15 is 0 Å². The number of hydrogen-bond donors (Lipinski definition) is 1. The number of ether oxygens (including phenoxy) is 2. The van der Waals surface area contributed by atoms with Crippen molar-refractivity contribution in [3.63, 3.8) is 0 Å². The first-order valence-corrected chi connectivity index (χ1v) is 18.1. The van der Waals surface area contributed by atoms with E-state index in [1.165, 1.54) is 25.2 Å². The molecule has 12 heteroatoms. The fourth-order valence-electron chi connectivity index (χ4n) is 7.86. The zero-order chi connectivity index (χ0) is 32.8. The van der Waals surface area contributed by atoms with Gasteiger partial charge in [0.2, 0.25) is 10.0 Å². The van der Waals surface area contributed by atoms with Gasteiger partial charge >= 0.3 is 29.6 Å². The number of carboxylic acid groups (broad SMARTS) is 1. The zero-order valence-electron chi connectivity index (χ0n) is 27.5. The van der Waals surface area contributed by atoms with Crippen LogP contribution in [0.2, 0.25) is 5.02 Å². The smallest absolute Gasteiger partial charge is 0.547 e. The number of nitrogens with one attached hydrogen (secondary N) is 1. The van der Waals surface area contributed by atoms with Crippen molar-refractivity contribution in [1.82, 2.24) is 4.72 Å². The summed E-state index contributed by atoms with van der Waals surface area (Å²) in [5.74, 6) is -1.99. The summed E-state index contributed by atoms with van der Waals surface area (Å²) in [6.07, 6.45) is 7.81. The summed E-state index contributed by atoms with van der Waals surface area (Å²) in [4.78, 5) is 27.8. The maximum atomic E-state index is 13.5. The number of anilines is 1. The van der Waals surface area contributed by atoms with E-state index in [0.717, 1.165) is 37.8 Å². The Kier molecular flexibility index (Phi) is 11.1. The fourth-order valence-corrected chi connectivity index (χ4v) is 9.34. The molecule has 0 saturated heterocycles. The van der Waals surface area contributed by atoms with Crippen molar-refractivity contribution < 1.29 is 62.1 Å². The Bertz CT molecular complexity index is 1650. The Labute approximate surface area is 304 Å². The van der Waals surface area contributed by atoms with Crippen LogP contribution in [0.1, 0.15) is 67.4 Å². The number of halogens is 1. The molecule has 4 aliphatic rings. The molecule has 2 aliphatic heterocycles. The molecule has 1 amide bonds. The number of amides is 1. The maximum absolute atomic E-state index is 13.5. The van der Waals surface area contributed by atoms with Crippen molar-refractivity contribution in [3.8, 4) is 5.75 Å². The van der Waals surface area contributed by atoms with Crippen molar-refractivity contribution >= 4 is 39.2 Å². The number of aliphatic carboxylic acids is 1. The second-order valence-corrected chi connectivity index (χ2v) is 16.2. The first kappa shape index (κ1) is 36.2. The predicted octanol–water partition coefficient (Wildman–Crippen LogP) is 1.27. The molecule has 7 atom stereocenters. The summed E-state index contributed by atoms with van der Waals surface area (Å²) in [6, 6.07) is 11.3. The van der Waals surface area contributed by atoms with Gasteiger partial charge in [-0.15, -0.1) is 0 Å². The molecular weight excluding hydrogens is 651 g/mol. The van der Waals surface area contributed by atoms with Crippen molar-refractivity contribution in [2.24, 2.45) is 23.7 Å². The summed E-state index contributed by atoms with van der Waals surface area (Å²) >= 11 is 6.40. The van der Waals surface area contributed by atoms with Gasteiger partial charge in [0.05, 0.1) is 23.5 Å². The number of fused-ring (bicyclic) bond motifs is 4. The average molecular weight is 693 g/mol. The summed E-state index contributed by atoms with van der Waals surface area (Å²) in [5, 5.41) is 11.8. The van der Waals surface area contributed by atoms with Crippen LogP contribution in [0.15, 0.2) is 48.6 Å². The molecule has 1 fully saturated rings. The van der Waals surface area contributed by atoms with Gasteiger partial charge in [0.15, 0.2) is 0 Å². The molecule has 2 bridgehead atoms. The van der Waals surface area contributed by atoms with E-state index in [4.69, 9.17) is 21.1 Å². The normalized spacial score (nSPS) is 31.4. The van der Waals surface area contributed by atoms with Crippen molar-refractivity contribution in [2.45, 2.75) is 69.1 Å². The Morgan fingerprint density at radius 1 is 1.17 bits per heavy atom. The van der Waals surface area contributed by atoms with Crippen LogP contribution < -0.4 is 49.0 Å². The third-order valence-electron chi connectivity index (χ3n) is 10.9. The number of allylic oxidation sites excluding steroid dienone is 1. The molecular formula is C35H42ClN2NaO7S. The zero-order valence-corrected chi connectivity index (χ0v) is 31.1. The topological polar surface area (TPSA) is 125 Å². The minimum Gasteiger partial charge on any atom is -0.547 e. The molecule has 1 N–H and O–H groups in total. The fraction of sp³-hybridized carbons (Fsp3) is 0.543. The molecule has 6 rings (SSSR count). The summed E-state index contributed by atoms with van der Waals surface area (Å²) in [6.45, 7) is 5.12. The molecule has 0 aromatic heterocycles. The van der Waals surface area contributed by atoms with E-state index in [1.54, 1.807) is 25.1 Å². The summed E-state index contributed by atoms with van der Waals surface area (Å²) in [5.41, 5.74) is 3.16. The number of benzene rings is 2. The quantitative estimate of drug-likeness (QED) is 0.377. The molecule has 0 unspecified atom stereocenters. The van der Waals surface area contributed by atoms with Gasteiger partial charge in [-0.1, -0.05) is 36.7 Å². The van der Waals surface area contributed by atoms with E-state index in [0.29, 0.717) is 36.4 Å². The maximum Gasteiger partial charge on any atom is 1.00 e. The largest absolute Gasteiger partial charge is 1.00 e. The van der Waals surface area contributed by atoms with Crippen molar-refractivity contribution in [2.75, 3.05) is 31.7 Å². The summed E-state index contributed by atoms with van der Waals surface area (Å²) < 4.78 is 41.0. The van der Waals surface area contributed by atoms with Crippen LogP contribution in [0, 0.1) is 23.7 Å². The standard InChI is InChI=1S/C35H43ClN2O7S.Na/c1-21-15-25(32(44-3)34(40)41)8-6-23-7-9-27(23)18-38-19-35(14-4-5-24-16-28(36)11-12-29(24)35)20-45-31-13-10-26(17-30(31)38)33(39)37-46(42,43)22(21)2;/h6,8,10-13,16-17,21-23,25,27,32H,4-5,7,9,14-15,18-20H2,1-3H3,(H,37,39)(H,40,41);/q;+1/p-1/b8-6+;/t21-,22+,23+,25+,27-,32+,35-;/m0./s1. The van der Waals surface area contributed by atoms with Gasteiger partial charge in [0.1, 0.15) is 11.9 Å². The van der Waals surface area contributed by atoms with Gasteiger partial charge in [-0.3, -0.25) is 4.79 Å². The first-order chi connectivity index (χ1) is 21.9. The third-order valence-corrected chi connectivity index (χ3v) is 13.0. The van der Waals surface area contributed by atoms with Crippen LogP contribution in [-0.4, -0.2) is 58.5 Å². The molecule has 248 valence electrons. The molecule has 0 radical (unpaired) electrons. The van der Waals surface area contributed by atoms with Crippen LogP contribution in [0.4, 0.5) is 5.69 Å². The Balaban J connectivity index is 0.00000433. The number of aryl methyl sites for hydroxylation is 1. The van der Waals surface area contributed by atoms with E-state index in [1.807, 2.05) is 12.1 Å². The molecule has 1 spiro atoms. The van der Waals surface area contributed by atoms with Crippen LogP contribution in [0.5, 0.6) is 5.75 Å². The number of methoxy groups -OCH3 is 1. The number of sulfonamides is 1. The molecule has 2 aromatic rings. The van der Waals surface area contributed by atoms with Gasteiger partial charge in [-0.05, 0) is 105 Å². The number of nitrogens with zero attached hydrogens (tertiary/aromatic N) is 1. The van der Waals surface area contributed by atoms with Gasteiger partial charge in [0.25, 0.3) is 5.91 Å². The second-order valence-electron chi connectivity index (χ2n) is 13.7. The minimum absolute atomic E-state index is 0. The second kappa shape index (κ2) is 14.4. The number of carbonyl (C=O) groups excluding carboxylic acids is 2. The van der Waals surface area contributed by atoms with Gasteiger partial charge in [-0.25, -0.2) is 13.1 Å². The summed E-state index contributed by atoms with van der Waals surface area (Å²) in [7, 11) is -2.78. The number of carboxylic acids is 1. The minimum atomic E-state index is -4.10. The monoisotopic (exact) mass is 692 g/mol. The van der Waals surface area contributed by atoms with Crippen LogP contribution >= 0.6 is 11.6 Å². The number of rotatable bonds is 3. The Morgan fingerprint density at radius 2 is 1.96 bits per heavy atom. The van der Waals surface area contributed by atoms with Crippen LogP contribution in [0.25, 0.3) is 0 Å². The Morgan fingerprint density at radius 3 is 2.66 bits per heavy atom. The van der Waals surface area contributed by atoms with Gasteiger partial charge in [-0.2, -0.15) is 0 Å². The molecule has 2 aliphatic carbocycles. The van der Waals surface area contributed by atoms with Gasteiger partial charge < -0.3 is 24.3 Å². The van der Waals surface area contributed by atoms with Crippen LogP contribution in [0.3, 0.4) is 0 Å². The molecule has 47 heavy (non-hydrogen) atoms. The predicted molar refractivity (Wildman–Crippen MR) is 174 cm³/mol. The molecule has 2 heterocycles. The SMILES string of the molecule is CO[C@@H](C(=O)[O-])[C@@H]1/C=C/[C@@H]2CC[C@H]2CN2C[C@@]3(CCCc4cc(Cl)ccc43)COc3ccc(cc32)C(=O)NS(=O)(=O)[C@H](C)[C@@H](C)C1.[Na+]. The van der Waals surface area contributed by atoms with Crippen molar-refractivity contribution in [3.05, 3.63) is 70.3 Å². The van der Waals surface area contributed by atoms with E-state index < -0.39 is 45.1 Å². The molecule has 1 saturated carbocycles. The third kappa shape index (κ3) is 7.29. The average Bonchev–Trinajstić information content (AvgIpc) is 3.15. The number of carbonyl (C=O) groups is 2. The van der Waals surface area contributed by atoms with E-state index in [9.17, 15) is 23.1 Å². The first-order valence-electron chi connectivity index (χ1n) is 16.2. The number of hydrogen-bond acceptors (Lipinski definition) is 8. The molecule has 2 aromatic carbocycles. The molecule has 9 nitrogen and oxygen atoms in total. The Hall–Kier alpha value is -2.08. The van der Waals surface area contributed by atoms with Crippen molar-refractivity contribution in [1.29, 1.82) is 0 Å². The van der Waals surface area contributed by atoms with E-state index in [-0.39, 0.29) is 52.9 Å².